The number of sulfone groups is 1. The molecular weight excluding hydrogens is 444 g/mol. The summed E-state index contributed by atoms with van der Waals surface area (Å²) in [6, 6.07) is 9.70. The summed E-state index contributed by atoms with van der Waals surface area (Å²) in [4.78, 5) is 24.8. The molecule has 1 aliphatic rings. The number of benzene rings is 2. The van der Waals surface area contributed by atoms with Crippen molar-refractivity contribution in [2.75, 3.05) is 20.0 Å². The molecule has 2 aromatic rings. The van der Waals surface area contributed by atoms with Gasteiger partial charge in [-0.3, -0.25) is 0 Å². The second-order valence-electron chi connectivity index (χ2n) is 6.88. The Kier molecular flexibility index (Phi) is 6.56. The summed E-state index contributed by atoms with van der Waals surface area (Å²) in [5, 5.41) is 5.23. The molecule has 0 saturated heterocycles. The maximum absolute atomic E-state index is 13.0. The molecule has 1 unspecified atom stereocenters. The Bertz CT molecular complexity index is 1160. The summed E-state index contributed by atoms with van der Waals surface area (Å²) in [6.45, 7) is 1.90. The number of nitrogens with one attached hydrogen (secondary N) is 2. The lowest BCUT2D eigenvalue weighted by Gasteiger charge is -2.29. The van der Waals surface area contributed by atoms with Gasteiger partial charge in [0.15, 0.2) is 9.84 Å². The van der Waals surface area contributed by atoms with Crippen LogP contribution < -0.4 is 15.4 Å². The predicted molar refractivity (Wildman–Crippen MR) is 115 cm³/mol. The van der Waals surface area contributed by atoms with Gasteiger partial charge in [-0.25, -0.2) is 18.0 Å². The molecule has 2 aromatic carbocycles. The number of amides is 2. The third-order valence-corrected chi connectivity index (χ3v) is 6.72. The number of carbonyl (C=O) groups excluding carboxylic acids is 2. The van der Waals surface area contributed by atoms with Crippen molar-refractivity contribution < 1.29 is 27.5 Å². The van der Waals surface area contributed by atoms with Crippen LogP contribution in [-0.4, -0.2) is 40.4 Å². The number of aryl methyl sites for hydroxylation is 1. The van der Waals surface area contributed by atoms with E-state index in [-0.39, 0.29) is 21.2 Å². The normalized spacial score (nSPS) is 16.4. The van der Waals surface area contributed by atoms with Crippen molar-refractivity contribution in [1.82, 2.24) is 10.6 Å². The Morgan fingerprint density at radius 1 is 1.13 bits per heavy atom. The highest BCUT2D eigenvalue weighted by atomic mass is 35.5. The van der Waals surface area contributed by atoms with E-state index in [1.807, 2.05) is 19.1 Å². The van der Waals surface area contributed by atoms with Gasteiger partial charge in [-0.2, -0.15) is 0 Å². The Morgan fingerprint density at radius 3 is 2.39 bits per heavy atom. The van der Waals surface area contributed by atoms with Crippen LogP contribution in [0, 0.1) is 6.92 Å². The topological polar surface area (TPSA) is 111 Å². The lowest BCUT2D eigenvalue weighted by molar-refractivity contribution is -0.136. The van der Waals surface area contributed by atoms with Crippen LogP contribution in [0.15, 0.2) is 58.6 Å². The highest BCUT2D eigenvalue weighted by molar-refractivity contribution is 7.91. The van der Waals surface area contributed by atoms with E-state index in [4.69, 9.17) is 21.1 Å². The molecule has 0 fully saturated rings. The maximum atomic E-state index is 13.0. The minimum atomic E-state index is -3.97. The van der Waals surface area contributed by atoms with E-state index < -0.39 is 33.6 Å². The number of rotatable bonds is 6. The van der Waals surface area contributed by atoms with Crippen molar-refractivity contribution in [2.45, 2.75) is 17.9 Å². The molecule has 164 valence electrons. The lowest BCUT2D eigenvalue weighted by atomic mass is 9.95. The standard InChI is InChI=1S/C21H21ClN2O6S/c1-12-4-6-13(7-5-12)19-18(20(25)30-3)16(23-21(26)24-19)11-31(27,28)14-8-9-17(29-2)15(22)10-14/h4-10,19H,11H2,1-3H3,(H2,23,24,26). The molecule has 31 heavy (non-hydrogen) atoms. The SMILES string of the molecule is COC(=O)C1=C(CS(=O)(=O)c2ccc(OC)c(Cl)c2)NC(=O)NC1c1ccc(C)cc1. The average molecular weight is 465 g/mol. The van der Waals surface area contributed by atoms with Crippen LogP contribution in [0.4, 0.5) is 4.79 Å². The molecule has 2 N–H and O–H groups in total. The minimum Gasteiger partial charge on any atom is -0.495 e. The molecule has 3 rings (SSSR count). The van der Waals surface area contributed by atoms with Crippen molar-refractivity contribution >= 4 is 33.4 Å². The van der Waals surface area contributed by atoms with Crippen molar-refractivity contribution in [1.29, 1.82) is 0 Å². The van der Waals surface area contributed by atoms with Gasteiger partial charge in [0.25, 0.3) is 0 Å². The molecule has 0 aromatic heterocycles. The highest BCUT2D eigenvalue weighted by Gasteiger charge is 2.35. The number of ether oxygens (including phenoxy) is 2. The third kappa shape index (κ3) is 4.83. The van der Waals surface area contributed by atoms with Gasteiger partial charge in [0.1, 0.15) is 5.75 Å². The van der Waals surface area contributed by atoms with Gasteiger partial charge in [-0.1, -0.05) is 41.4 Å². The van der Waals surface area contributed by atoms with Crippen LogP contribution in [0.25, 0.3) is 0 Å². The first-order chi connectivity index (χ1) is 14.7. The number of hydrogen-bond donors (Lipinski definition) is 2. The zero-order valence-electron chi connectivity index (χ0n) is 17.1. The lowest BCUT2D eigenvalue weighted by Crippen LogP contribution is -2.47. The van der Waals surface area contributed by atoms with Gasteiger partial charge in [-0.05, 0) is 30.7 Å². The molecule has 1 atom stereocenters. The quantitative estimate of drug-likeness (QED) is 0.636. The second kappa shape index (κ2) is 8.99. The molecule has 0 bridgehead atoms. The summed E-state index contributed by atoms with van der Waals surface area (Å²) < 4.78 is 36.0. The van der Waals surface area contributed by atoms with Crippen LogP contribution in [0.3, 0.4) is 0 Å². The largest absolute Gasteiger partial charge is 0.495 e. The van der Waals surface area contributed by atoms with E-state index in [0.29, 0.717) is 11.3 Å². The summed E-state index contributed by atoms with van der Waals surface area (Å²) in [7, 11) is -1.36. The monoisotopic (exact) mass is 464 g/mol. The highest BCUT2D eigenvalue weighted by Crippen LogP contribution is 2.31. The molecule has 0 saturated carbocycles. The van der Waals surface area contributed by atoms with Crippen molar-refractivity contribution in [2.24, 2.45) is 0 Å². The molecule has 1 heterocycles. The Hall–Kier alpha value is -3.04. The number of urea groups is 1. The summed E-state index contributed by atoms with van der Waals surface area (Å²) in [5.74, 6) is -1.06. The van der Waals surface area contributed by atoms with Gasteiger partial charge in [0.05, 0.1) is 41.5 Å². The molecule has 10 heteroatoms. The molecule has 0 aliphatic carbocycles. The van der Waals surface area contributed by atoms with Crippen LogP contribution >= 0.6 is 11.6 Å². The van der Waals surface area contributed by atoms with Crippen LogP contribution in [-0.2, 0) is 19.4 Å². The number of carbonyl (C=O) groups is 2. The fraction of sp³-hybridized carbons (Fsp3) is 0.238. The van der Waals surface area contributed by atoms with Gasteiger partial charge < -0.3 is 20.1 Å². The summed E-state index contributed by atoms with van der Waals surface area (Å²) in [6.07, 6.45) is 0. The number of esters is 1. The summed E-state index contributed by atoms with van der Waals surface area (Å²) in [5.41, 5.74) is 1.55. The van der Waals surface area contributed by atoms with E-state index in [2.05, 4.69) is 10.6 Å². The van der Waals surface area contributed by atoms with Gasteiger partial charge in [0.2, 0.25) is 0 Å². The first kappa shape index (κ1) is 22.6. The number of hydrogen-bond acceptors (Lipinski definition) is 6. The number of methoxy groups -OCH3 is 2. The maximum Gasteiger partial charge on any atom is 0.338 e. The molecule has 0 radical (unpaired) electrons. The smallest absolute Gasteiger partial charge is 0.338 e. The molecule has 1 aliphatic heterocycles. The van der Waals surface area contributed by atoms with Gasteiger partial charge >= 0.3 is 12.0 Å². The second-order valence-corrected chi connectivity index (χ2v) is 9.28. The third-order valence-electron chi connectivity index (χ3n) is 4.79. The van der Waals surface area contributed by atoms with E-state index >= 15 is 0 Å². The zero-order chi connectivity index (χ0) is 22.8. The predicted octanol–water partition coefficient (Wildman–Crippen LogP) is 2.91. The molecule has 2 amide bonds. The van der Waals surface area contributed by atoms with Crippen molar-refractivity contribution in [3.05, 3.63) is 69.9 Å². The Labute approximate surface area is 185 Å². The van der Waals surface area contributed by atoms with Crippen LogP contribution in [0.2, 0.25) is 5.02 Å². The van der Waals surface area contributed by atoms with Gasteiger partial charge in [0, 0.05) is 5.70 Å². The van der Waals surface area contributed by atoms with E-state index in [9.17, 15) is 18.0 Å². The van der Waals surface area contributed by atoms with Crippen LogP contribution in [0.1, 0.15) is 17.2 Å². The first-order valence-corrected chi connectivity index (χ1v) is 11.2. The minimum absolute atomic E-state index is 0.00846. The van der Waals surface area contributed by atoms with Crippen LogP contribution in [0.5, 0.6) is 5.75 Å². The fourth-order valence-corrected chi connectivity index (χ4v) is 4.88. The summed E-state index contributed by atoms with van der Waals surface area (Å²) >= 11 is 6.06. The first-order valence-electron chi connectivity index (χ1n) is 9.18. The van der Waals surface area contributed by atoms with E-state index in [1.165, 1.54) is 32.4 Å². The number of halogens is 1. The molecule has 0 spiro atoms. The van der Waals surface area contributed by atoms with E-state index in [0.717, 1.165) is 5.56 Å². The zero-order valence-corrected chi connectivity index (χ0v) is 18.6. The Balaban J connectivity index is 2.08. The fourth-order valence-electron chi connectivity index (χ4n) is 3.21. The average Bonchev–Trinajstić information content (AvgIpc) is 2.73. The van der Waals surface area contributed by atoms with Gasteiger partial charge in [-0.15, -0.1) is 0 Å². The van der Waals surface area contributed by atoms with Crippen molar-refractivity contribution in [3.8, 4) is 5.75 Å². The molecule has 8 nitrogen and oxygen atoms in total. The van der Waals surface area contributed by atoms with Crippen molar-refractivity contribution in [3.63, 3.8) is 0 Å². The Morgan fingerprint density at radius 2 is 1.81 bits per heavy atom. The molecular formula is C21H21ClN2O6S. The van der Waals surface area contributed by atoms with E-state index in [1.54, 1.807) is 12.1 Å².